The van der Waals surface area contributed by atoms with Gasteiger partial charge in [0.15, 0.2) is 5.69 Å². The SMILES string of the molecule is Cc1cc(=O)c(C(=O)N2CC(C)OC(C)(C)C2)nn1-c1ccccc1F. The zero-order valence-electron chi connectivity index (χ0n) is 15.3. The molecule has 3 rings (SSSR count). The van der Waals surface area contributed by atoms with Crippen molar-refractivity contribution in [2.45, 2.75) is 39.4 Å². The van der Waals surface area contributed by atoms with Crippen LogP contribution in [0.4, 0.5) is 4.39 Å². The molecule has 0 bridgehead atoms. The third kappa shape index (κ3) is 3.53. The Morgan fingerprint density at radius 1 is 1.35 bits per heavy atom. The maximum Gasteiger partial charge on any atom is 0.278 e. The van der Waals surface area contributed by atoms with Crippen LogP contribution in [-0.2, 0) is 4.74 Å². The summed E-state index contributed by atoms with van der Waals surface area (Å²) < 4.78 is 21.2. The molecular formula is C19H22FN3O3. The third-order valence-corrected chi connectivity index (χ3v) is 4.25. The number of benzene rings is 1. The number of para-hydroxylation sites is 1. The van der Waals surface area contributed by atoms with Gasteiger partial charge in [0.25, 0.3) is 5.91 Å². The molecule has 26 heavy (non-hydrogen) atoms. The Balaban J connectivity index is 2.03. The summed E-state index contributed by atoms with van der Waals surface area (Å²) in [7, 11) is 0. The van der Waals surface area contributed by atoms with Gasteiger partial charge in [-0.05, 0) is 39.8 Å². The number of carbonyl (C=O) groups excluding carboxylic acids is 1. The fourth-order valence-corrected chi connectivity index (χ4v) is 3.32. The van der Waals surface area contributed by atoms with E-state index in [9.17, 15) is 14.0 Å². The maximum atomic E-state index is 14.1. The summed E-state index contributed by atoms with van der Waals surface area (Å²) in [6.07, 6.45) is -0.151. The second-order valence-electron chi connectivity index (χ2n) is 7.24. The monoisotopic (exact) mass is 359 g/mol. The van der Waals surface area contributed by atoms with Crippen LogP contribution in [0.3, 0.4) is 0 Å². The van der Waals surface area contributed by atoms with Gasteiger partial charge < -0.3 is 9.64 Å². The minimum absolute atomic E-state index is 0.151. The number of amides is 1. The van der Waals surface area contributed by atoms with E-state index < -0.39 is 22.8 Å². The molecule has 1 fully saturated rings. The highest BCUT2D eigenvalue weighted by Gasteiger charge is 2.35. The van der Waals surface area contributed by atoms with Crippen LogP contribution >= 0.6 is 0 Å². The average Bonchev–Trinajstić information content (AvgIpc) is 2.53. The first-order valence-corrected chi connectivity index (χ1v) is 8.51. The molecule has 1 amide bonds. The lowest BCUT2D eigenvalue weighted by Gasteiger charge is -2.41. The standard InChI is InChI=1S/C19H22FN3O3/c1-12-9-16(24)17(21-23(12)15-8-6-5-7-14(15)20)18(25)22-10-13(2)26-19(3,4)11-22/h5-9,13H,10-11H2,1-4H3. The van der Waals surface area contributed by atoms with Gasteiger partial charge in [-0.2, -0.15) is 5.10 Å². The summed E-state index contributed by atoms with van der Waals surface area (Å²) in [6, 6.07) is 7.41. The first kappa shape index (κ1) is 18.3. The first-order chi connectivity index (χ1) is 12.2. The highest BCUT2D eigenvalue weighted by Crippen LogP contribution is 2.22. The minimum atomic E-state index is -0.511. The van der Waals surface area contributed by atoms with Crippen molar-refractivity contribution in [1.82, 2.24) is 14.7 Å². The van der Waals surface area contributed by atoms with E-state index in [4.69, 9.17) is 4.74 Å². The number of rotatable bonds is 2. The summed E-state index contributed by atoms with van der Waals surface area (Å²) in [5, 5.41) is 4.18. The molecule has 1 aliphatic rings. The van der Waals surface area contributed by atoms with E-state index >= 15 is 0 Å². The second kappa shape index (κ2) is 6.64. The van der Waals surface area contributed by atoms with Crippen molar-refractivity contribution in [2.24, 2.45) is 0 Å². The van der Waals surface area contributed by atoms with E-state index in [1.54, 1.807) is 30.0 Å². The highest BCUT2D eigenvalue weighted by molar-refractivity contribution is 5.92. The van der Waals surface area contributed by atoms with Crippen LogP contribution in [0.15, 0.2) is 35.1 Å². The smallest absolute Gasteiger partial charge is 0.278 e. The number of aryl methyl sites for hydroxylation is 1. The molecule has 0 aliphatic carbocycles. The summed E-state index contributed by atoms with van der Waals surface area (Å²) in [6.45, 7) is 8.03. The molecule has 6 nitrogen and oxygen atoms in total. The third-order valence-electron chi connectivity index (χ3n) is 4.25. The molecule has 1 aromatic carbocycles. The fourth-order valence-electron chi connectivity index (χ4n) is 3.32. The molecule has 2 aromatic rings. The van der Waals surface area contributed by atoms with Crippen LogP contribution in [-0.4, -0.2) is 45.4 Å². The lowest BCUT2D eigenvalue weighted by molar-refractivity contribution is -0.119. The topological polar surface area (TPSA) is 64.4 Å². The van der Waals surface area contributed by atoms with E-state index in [1.165, 1.54) is 16.8 Å². The maximum absolute atomic E-state index is 14.1. The van der Waals surface area contributed by atoms with E-state index in [-0.39, 0.29) is 17.5 Å². The molecule has 0 saturated carbocycles. The van der Waals surface area contributed by atoms with Crippen molar-refractivity contribution in [3.05, 3.63) is 57.8 Å². The summed E-state index contributed by atoms with van der Waals surface area (Å²) in [5.74, 6) is -0.949. The van der Waals surface area contributed by atoms with Gasteiger partial charge >= 0.3 is 0 Å². The van der Waals surface area contributed by atoms with Gasteiger partial charge in [-0.3, -0.25) is 9.59 Å². The number of morpholine rings is 1. The summed E-state index contributed by atoms with van der Waals surface area (Å²) in [4.78, 5) is 26.9. The van der Waals surface area contributed by atoms with Crippen LogP contribution in [0, 0.1) is 12.7 Å². The molecule has 1 atom stereocenters. The highest BCUT2D eigenvalue weighted by atomic mass is 19.1. The van der Waals surface area contributed by atoms with Crippen molar-refractivity contribution < 1.29 is 13.9 Å². The number of halogens is 1. The minimum Gasteiger partial charge on any atom is -0.369 e. The molecular weight excluding hydrogens is 337 g/mol. The van der Waals surface area contributed by atoms with E-state index in [0.717, 1.165) is 0 Å². The quantitative estimate of drug-likeness (QED) is 0.825. The van der Waals surface area contributed by atoms with E-state index in [0.29, 0.717) is 18.8 Å². The Bertz CT molecular complexity index is 907. The molecule has 138 valence electrons. The van der Waals surface area contributed by atoms with E-state index in [1.807, 2.05) is 20.8 Å². The normalized spacial score (nSPS) is 19.4. The number of hydrogen-bond acceptors (Lipinski definition) is 4. The summed E-state index contributed by atoms with van der Waals surface area (Å²) in [5.41, 5.74) is -0.564. The predicted molar refractivity (Wildman–Crippen MR) is 95.1 cm³/mol. The lowest BCUT2D eigenvalue weighted by atomic mass is 10.1. The Labute approximate surface area is 151 Å². The van der Waals surface area contributed by atoms with Crippen LogP contribution in [0.5, 0.6) is 0 Å². The molecule has 2 heterocycles. The number of carbonyl (C=O) groups is 1. The molecule has 0 spiro atoms. The van der Waals surface area contributed by atoms with Crippen molar-refractivity contribution in [3.8, 4) is 5.69 Å². The molecule has 1 aliphatic heterocycles. The largest absolute Gasteiger partial charge is 0.369 e. The predicted octanol–water partition coefficient (Wildman–Crippen LogP) is 2.32. The number of nitrogens with zero attached hydrogens (tertiary/aromatic N) is 3. The molecule has 7 heteroatoms. The van der Waals surface area contributed by atoms with Crippen LogP contribution in [0.1, 0.15) is 37.0 Å². The molecule has 1 unspecified atom stereocenters. The Hall–Kier alpha value is -2.54. The van der Waals surface area contributed by atoms with Gasteiger partial charge in [0.1, 0.15) is 11.5 Å². The molecule has 1 saturated heterocycles. The Morgan fingerprint density at radius 3 is 2.69 bits per heavy atom. The van der Waals surface area contributed by atoms with Gasteiger partial charge in [-0.15, -0.1) is 0 Å². The van der Waals surface area contributed by atoms with Crippen LogP contribution in [0.2, 0.25) is 0 Å². The van der Waals surface area contributed by atoms with Crippen molar-refractivity contribution in [2.75, 3.05) is 13.1 Å². The Kier molecular flexibility index (Phi) is 4.66. The van der Waals surface area contributed by atoms with Crippen molar-refractivity contribution >= 4 is 5.91 Å². The Morgan fingerprint density at radius 2 is 2.04 bits per heavy atom. The lowest BCUT2D eigenvalue weighted by Crippen LogP contribution is -2.54. The number of hydrogen-bond donors (Lipinski definition) is 0. The fraction of sp³-hybridized carbons (Fsp3) is 0.421. The second-order valence-corrected chi connectivity index (χ2v) is 7.24. The van der Waals surface area contributed by atoms with E-state index in [2.05, 4.69) is 5.10 Å². The zero-order chi connectivity index (χ0) is 19.1. The summed E-state index contributed by atoms with van der Waals surface area (Å²) >= 11 is 0. The van der Waals surface area contributed by atoms with Crippen molar-refractivity contribution in [1.29, 1.82) is 0 Å². The first-order valence-electron chi connectivity index (χ1n) is 8.51. The average molecular weight is 359 g/mol. The van der Waals surface area contributed by atoms with Crippen LogP contribution < -0.4 is 5.43 Å². The van der Waals surface area contributed by atoms with Gasteiger partial charge in [0.05, 0.1) is 11.7 Å². The van der Waals surface area contributed by atoms with Gasteiger partial charge in [0.2, 0.25) is 5.43 Å². The number of aromatic nitrogens is 2. The van der Waals surface area contributed by atoms with Crippen LogP contribution in [0.25, 0.3) is 5.69 Å². The zero-order valence-corrected chi connectivity index (χ0v) is 15.3. The number of ether oxygens (including phenoxy) is 1. The van der Waals surface area contributed by atoms with Gasteiger partial charge in [-0.25, -0.2) is 9.07 Å². The molecule has 1 aromatic heterocycles. The van der Waals surface area contributed by atoms with Gasteiger partial charge in [0, 0.05) is 24.8 Å². The van der Waals surface area contributed by atoms with Gasteiger partial charge in [-0.1, -0.05) is 12.1 Å². The molecule has 0 N–H and O–H groups in total. The van der Waals surface area contributed by atoms with Crippen molar-refractivity contribution in [3.63, 3.8) is 0 Å². The molecule has 0 radical (unpaired) electrons.